The Bertz CT molecular complexity index is 391. The molecular weight excluding hydrogens is 188 g/mol. The second-order valence-electron chi connectivity index (χ2n) is 5.20. The highest BCUT2D eigenvalue weighted by molar-refractivity contribution is 6.01. The average molecular weight is 204 g/mol. The van der Waals surface area contributed by atoms with Gasteiger partial charge in [0, 0.05) is 6.42 Å². The van der Waals surface area contributed by atoms with Crippen LogP contribution in [0, 0.1) is 11.3 Å². The molecule has 0 radical (unpaired) electrons. The third-order valence-electron chi connectivity index (χ3n) is 4.70. The van der Waals surface area contributed by atoms with Gasteiger partial charge in [0.15, 0.2) is 5.78 Å². The molecule has 15 heavy (non-hydrogen) atoms. The van der Waals surface area contributed by atoms with Crippen LogP contribution in [-0.2, 0) is 9.59 Å². The SMILES string of the molecule is CC(=O)C1=C2CCC(=O)C23CCCC3C1. The molecule has 2 nitrogen and oxygen atoms in total. The predicted molar refractivity (Wildman–Crippen MR) is 56.3 cm³/mol. The molecule has 1 spiro atoms. The van der Waals surface area contributed by atoms with Crippen LogP contribution in [0.3, 0.4) is 0 Å². The lowest BCUT2D eigenvalue weighted by atomic mass is 9.76. The molecule has 3 rings (SSSR count). The molecule has 0 bridgehead atoms. The van der Waals surface area contributed by atoms with E-state index < -0.39 is 0 Å². The number of Topliss-reactive ketones (excluding diaryl/α,β-unsaturated/α-hetero) is 2. The standard InChI is InChI=1S/C13H16O2/c1-8(14)10-7-9-3-2-6-13(9)11(10)4-5-12(13)15/h9H,2-7H2,1H3. The van der Waals surface area contributed by atoms with Crippen LogP contribution < -0.4 is 0 Å². The van der Waals surface area contributed by atoms with Crippen molar-refractivity contribution < 1.29 is 9.59 Å². The molecule has 0 aromatic rings. The molecule has 0 aliphatic heterocycles. The van der Waals surface area contributed by atoms with Crippen LogP contribution in [0.1, 0.15) is 45.4 Å². The van der Waals surface area contributed by atoms with Gasteiger partial charge in [0.1, 0.15) is 5.78 Å². The lowest BCUT2D eigenvalue weighted by molar-refractivity contribution is -0.125. The number of hydrogen-bond donors (Lipinski definition) is 0. The van der Waals surface area contributed by atoms with Crippen molar-refractivity contribution >= 4 is 11.6 Å². The molecule has 80 valence electrons. The predicted octanol–water partition coefficient (Wildman–Crippen LogP) is 2.43. The Balaban J connectivity index is 2.15. The van der Waals surface area contributed by atoms with Gasteiger partial charge in [-0.3, -0.25) is 9.59 Å². The molecule has 3 aliphatic rings. The van der Waals surface area contributed by atoms with Crippen molar-refractivity contribution in [3.8, 4) is 0 Å². The Labute approximate surface area is 89.7 Å². The fourth-order valence-corrected chi connectivity index (χ4v) is 4.12. The fraction of sp³-hybridized carbons (Fsp3) is 0.692. The minimum absolute atomic E-state index is 0.152. The van der Waals surface area contributed by atoms with E-state index >= 15 is 0 Å². The Hall–Kier alpha value is -0.920. The fourth-order valence-electron chi connectivity index (χ4n) is 4.12. The second kappa shape index (κ2) is 2.81. The molecule has 0 N–H and O–H groups in total. The quantitative estimate of drug-likeness (QED) is 0.657. The summed E-state index contributed by atoms with van der Waals surface area (Å²) in [6.45, 7) is 1.65. The van der Waals surface area contributed by atoms with Crippen molar-refractivity contribution in [1.82, 2.24) is 0 Å². The normalized spacial score (nSPS) is 38.5. The summed E-state index contributed by atoms with van der Waals surface area (Å²) in [5.74, 6) is 1.10. The Kier molecular flexibility index (Phi) is 1.74. The van der Waals surface area contributed by atoms with Gasteiger partial charge in [-0.05, 0) is 49.7 Å². The highest BCUT2D eigenvalue weighted by Crippen LogP contribution is 2.62. The van der Waals surface area contributed by atoms with Crippen LogP contribution in [0.4, 0.5) is 0 Å². The molecule has 2 fully saturated rings. The number of carbonyl (C=O) groups excluding carboxylic acids is 2. The molecule has 2 atom stereocenters. The Morgan fingerprint density at radius 3 is 2.93 bits per heavy atom. The van der Waals surface area contributed by atoms with E-state index in [1.165, 1.54) is 12.0 Å². The van der Waals surface area contributed by atoms with Crippen molar-refractivity contribution in [3.63, 3.8) is 0 Å². The van der Waals surface area contributed by atoms with Gasteiger partial charge >= 0.3 is 0 Å². The molecule has 3 aliphatic carbocycles. The van der Waals surface area contributed by atoms with Crippen molar-refractivity contribution in [1.29, 1.82) is 0 Å². The number of allylic oxidation sites excluding steroid dienone is 2. The molecular formula is C13H16O2. The number of ketones is 2. The summed E-state index contributed by atoms with van der Waals surface area (Å²) in [5.41, 5.74) is 2.09. The van der Waals surface area contributed by atoms with E-state index in [0.717, 1.165) is 31.3 Å². The van der Waals surface area contributed by atoms with Gasteiger partial charge in [-0.15, -0.1) is 0 Å². The third kappa shape index (κ3) is 0.952. The maximum atomic E-state index is 12.1. The number of carbonyl (C=O) groups is 2. The highest BCUT2D eigenvalue weighted by atomic mass is 16.1. The maximum absolute atomic E-state index is 12.1. The minimum Gasteiger partial charge on any atom is -0.299 e. The lowest BCUT2D eigenvalue weighted by Crippen LogP contribution is -2.27. The first-order valence-electron chi connectivity index (χ1n) is 5.93. The van der Waals surface area contributed by atoms with Crippen LogP contribution in [0.25, 0.3) is 0 Å². The molecule has 2 saturated carbocycles. The third-order valence-corrected chi connectivity index (χ3v) is 4.70. The van der Waals surface area contributed by atoms with Gasteiger partial charge in [0.25, 0.3) is 0 Å². The summed E-state index contributed by atoms with van der Waals surface area (Å²) in [6, 6.07) is 0. The van der Waals surface area contributed by atoms with Crippen molar-refractivity contribution in [2.24, 2.45) is 11.3 Å². The Morgan fingerprint density at radius 2 is 2.20 bits per heavy atom. The topological polar surface area (TPSA) is 34.1 Å². The van der Waals surface area contributed by atoms with Gasteiger partial charge in [-0.25, -0.2) is 0 Å². The average Bonchev–Trinajstić information content (AvgIpc) is 2.77. The minimum atomic E-state index is -0.152. The summed E-state index contributed by atoms with van der Waals surface area (Å²) < 4.78 is 0. The van der Waals surface area contributed by atoms with Crippen LogP contribution in [0.15, 0.2) is 11.1 Å². The van der Waals surface area contributed by atoms with E-state index in [2.05, 4.69) is 0 Å². The number of hydrogen-bond acceptors (Lipinski definition) is 2. The maximum Gasteiger partial charge on any atom is 0.155 e. The first-order chi connectivity index (χ1) is 7.16. The van der Waals surface area contributed by atoms with Crippen molar-refractivity contribution in [2.45, 2.75) is 45.4 Å². The molecule has 0 aromatic carbocycles. The van der Waals surface area contributed by atoms with E-state index in [1.54, 1.807) is 6.92 Å². The van der Waals surface area contributed by atoms with Crippen LogP contribution in [0.2, 0.25) is 0 Å². The zero-order valence-corrected chi connectivity index (χ0v) is 9.14. The van der Waals surface area contributed by atoms with E-state index in [0.29, 0.717) is 18.1 Å². The van der Waals surface area contributed by atoms with Crippen LogP contribution >= 0.6 is 0 Å². The monoisotopic (exact) mass is 204 g/mol. The Morgan fingerprint density at radius 1 is 1.40 bits per heavy atom. The second-order valence-corrected chi connectivity index (χ2v) is 5.20. The van der Waals surface area contributed by atoms with Gasteiger partial charge in [-0.2, -0.15) is 0 Å². The van der Waals surface area contributed by atoms with E-state index in [9.17, 15) is 9.59 Å². The largest absolute Gasteiger partial charge is 0.299 e. The van der Waals surface area contributed by atoms with Gasteiger partial charge in [0.05, 0.1) is 5.41 Å². The summed E-state index contributed by atoms with van der Waals surface area (Å²) in [6.07, 6.45) is 5.77. The van der Waals surface area contributed by atoms with E-state index in [-0.39, 0.29) is 11.2 Å². The number of rotatable bonds is 1. The first-order valence-corrected chi connectivity index (χ1v) is 5.93. The highest BCUT2D eigenvalue weighted by Gasteiger charge is 2.58. The van der Waals surface area contributed by atoms with Gasteiger partial charge in [-0.1, -0.05) is 6.42 Å². The molecule has 2 heteroatoms. The molecule has 0 aromatic heterocycles. The zero-order valence-electron chi connectivity index (χ0n) is 9.14. The molecule has 0 amide bonds. The summed E-state index contributed by atoms with van der Waals surface area (Å²) in [5, 5.41) is 0. The van der Waals surface area contributed by atoms with Crippen LogP contribution in [0.5, 0.6) is 0 Å². The van der Waals surface area contributed by atoms with Crippen molar-refractivity contribution in [3.05, 3.63) is 11.1 Å². The summed E-state index contributed by atoms with van der Waals surface area (Å²) in [7, 11) is 0. The summed E-state index contributed by atoms with van der Waals surface area (Å²) >= 11 is 0. The van der Waals surface area contributed by atoms with Crippen LogP contribution in [-0.4, -0.2) is 11.6 Å². The summed E-state index contributed by atoms with van der Waals surface area (Å²) in [4.78, 5) is 23.6. The first kappa shape index (κ1) is 9.32. The van der Waals surface area contributed by atoms with Crippen molar-refractivity contribution in [2.75, 3.05) is 0 Å². The molecule has 2 unspecified atom stereocenters. The molecule has 0 saturated heterocycles. The smallest absolute Gasteiger partial charge is 0.155 e. The van der Waals surface area contributed by atoms with E-state index in [4.69, 9.17) is 0 Å². The molecule has 0 heterocycles. The lowest BCUT2D eigenvalue weighted by Gasteiger charge is -2.25. The van der Waals surface area contributed by atoms with E-state index in [1.807, 2.05) is 0 Å². The zero-order chi connectivity index (χ0) is 10.6. The van der Waals surface area contributed by atoms with Gasteiger partial charge < -0.3 is 0 Å². The van der Waals surface area contributed by atoms with Gasteiger partial charge in [0.2, 0.25) is 0 Å².